The first kappa shape index (κ1) is 38.1. The third kappa shape index (κ3) is 13.9. The van der Waals surface area contributed by atoms with E-state index < -0.39 is 53.8 Å². The molecular weight excluding hydrogens is 588 g/mol. The summed E-state index contributed by atoms with van der Waals surface area (Å²) in [6, 6.07) is 15.4. The molecule has 2 aromatic rings. The van der Waals surface area contributed by atoms with E-state index in [1.54, 1.807) is 20.8 Å². The first-order chi connectivity index (χ1) is 21.7. The molecule has 0 aliphatic rings. The Labute approximate surface area is 273 Å². The fraction of sp³-hybridized carbons (Fsp3) is 0.543. The maximum atomic E-state index is 13.6. The Morgan fingerprint density at radius 3 is 1.85 bits per heavy atom. The fourth-order valence-electron chi connectivity index (χ4n) is 4.66. The Hall–Kier alpha value is -4.12. The topological polar surface area (TPSA) is 155 Å². The second-order valence-electron chi connectivity index (χ2n) is 12.9. The summed E-state index contributed by atoms with van der Waals surface area (Å²) in [7, 11) is 0. The van der Waals surface area contributed by atoms with E-state index >= 15 is 0 Å². The van der Waals surface area contributed by atoms with Crippen molar-refractivity contribution < 1.29 is 33.8 Å². The van der Waals surface area contributed by atoms with Gasteiger partial charge in [-0.25, -0.2) is 9.59 Å². The van der Waals surface area contributed by atoms with E-state index in [1.165, 1.54) is 0 Å². The first-order valence-electron chi connectivity index (χ1n) is 15.9. The summed E-state index contributed by atoms with van der Waals surface area (Å²) in [4.78, 5) is 53.0. The minimum absolute atomic E-state index is 0.00652. The van der Waals surface area contributed by atoms with Crippen molar-refractivity contribution in [3.8, 4) is 0 Å². The molecule has 2 aromatic carbocycles. The van der Waals surface area contributed by atoms with E-state index in [9.17, 15) is 24.3 Å². The number of rotatable bonds is 16. The molecule has 0 aliphatic carbocycles. The number of hydrogen-bond acceptors (Lipinski definition) is 7. The Kier molecular flexibility index (Phi) is 15.5. The lowest BCUT2D eigenvalue weighted by Gasteiger charge is -2.31. The van der Waals surface area contributed by atoms with E-state index in [4.69, 9.17) is 9.47 Å². The van der Waals surface area contributed by atoms with Crippen LogP contribution in [0.2, 0.25) is 0 Å². The zero-order valence-corrected chi connectivity index (χ0v) is 28.2. The van der Waals surface area contributed by atoms with Gasteiger partial charge >= 0.3 is 12.2 Å². The molecular formula is C35H52N4O7. The van der Waals surface area contributed by atoms with Crippen LogP contribution in [0.3, 0.4) is 0 Å². The smallest absolute Gasteiger partial charge is 0.407 e. The van der Waals surface area contributed by atoms with Crippen molar-refractivity contribution in [3.05, 3.63) is 71.8 Å². The van der Waals surface area contributed by atoms with Crippen LogP contribution >= 0.6 is 0 Å². The summed E-state index contributed by atoms with van der Waals surface area (Å²) < 4.78 is 11.0. The van der Waals surface area contributed by atoms with Gasteiger partial charge in [0.15, 0.2) is 0 Å². The van der Waals surface area contributed by atoms with Crippen molar-refractivity contribution in [2.75, 3.05) is 6.61 Å². The van der Waals surface area contributed by atoms with Crippen molar-refractivity contribution in [1.29, 1.82) is 0 Å². The highest BCUT2D eigenvalue weighted by Gasteiger charge is 2.33. The van der Waals surface area contributed by atoms with Crippen LogP contribution in [0.4, 0.5) is 9.59 Å². The summed E-state index contributed by atoms with van der Waals surface area (Å²) in [5, 5.41) is 21.1. The normalized spacial score (nSPS) is 14.6. The summed E-state index contributed by atoms with van der Waals surface area (Å²) in [6.07, 6.45) is -0.891. The number of alkyl carbamates (subject to hydrolysis) is 2. The Morgan fingerprint density at radius 1 is 0.761 bits per heavy atom. The predicted octanol–water partition coefficient (Wildman–Crippen LogP) is 4.47. The molecule has 0 saturated heterocycles. The largest absolute Gasteiger partial charge is 0.445 e. The highest BCUT2D eigenvalue weighted by molar-refractivity contribution is 5.88. The lowest BCUT2D eigenvalue weighted by molar-refractivity contribution is -0.131. The number of ether oxygens (including phenoxy) is 2. The van der Waals surface area contributed by atoms with E-state index in [0.717, 1.165) is 11.1 Å². The van der Waals surface area contributed by atoms with Gasteiger partial charge in [0.1, 0.15) is 18.2 Å². The zero-order chi connectivity index (χ0) is 34.3. The summed E-state index contributed by atoms with van der Waals surface area (Å²) >= 11 is 0. The van der Waals surface area contributed by atoms with Crippen molar-refractivity contribution >= 4 is 24.0 Å². The number of benzene rings is 2. The van der Waals surface area contributed by atoms with Gasteiger partial charge in [-0.05, 0) is 50.2 Å². The number of aliphatic hydroxyl groups excluding tert-OH is 1. The average molecular weight is 641 g/mol. The molecule has 46 heavy (non-hydrogen) atoms. The third-order valence-electron chi connectivity index (χ3n) is 7.55. The second kappa shape index (κ2) is 18.8. The lowest BCUT2D eigenvalue weighted by Crippen LogP contribution is -2.57. The van der Waals surface area contributed by atoms with Gasteiger partial charge in [-0.2, -0.15) is 0 Å². The summed E-state index contributed by atoms with van der Waals surface area (Å²) in [5.74, 6) is -1.16. The van der Waals surface area contributed by atoms with Crippen LogP contribution < -0.4 is 21.3 Å². The minimum atomic E-state index is -0.947. The quantitative estimate of drug-likeness (QED) is 0.181. The fourth-order valence-corrected chi connectivity index (χ4v) is 4.66. The maximum absolute atomic E-state index is 13.6. The van der Waals surface area contributed by atoms with Crippen LogP contribution in [0.5, 0.6) is 0 Å². The molecule has 0 aromatic heterocycles. The Morgan fingerprint density at radius 2 is 1.33 bits per heavy atom. The number of hydrogen-bond donors (Lipinski definition) is 5. The minimum Gasteiger partial charge on any atom is -0.445 e. The van der Waals surface area contributed by atoms with Crippen LogP contribution in [0, 0.1) is 11.8 Å². The predicted molar refractivity (Wildman–Crippen MR) is 177 cm³/mol. The van der Waals surface area contributed by atoms with Gasteiger partial charge in [-0.15, -0.1) is 0 Å². The van der Waals surface area contributed by atoms with Gasteiger partial charge in [0.05, 0.1) is 24.7 Å². The van der Waals surface area contributed by atoms with Crippen LogP contribution in [-0.2, 0) is 32.1 Å². The lowest BCUT2D eigenvalue weighted by atomic mass is 9.94. The monoisotopic (exact) mass is 640 g/mol. The van der Waals surface area contributed by atoms with Crippen LogP contribution in [0.1, 0.15) is 72.4 Å². The van der Waals surface area contributed by atoms with E-state index in [2.05, 4.69) is 21.3 Å². The molecule has 0 fully saturated rings. The molecule has 0 radical (unpaired) electrons. The van der Waals surface area contributed by atoms with E-state index in [-0.39, 0.29) is 37.9 Å². The maximum Gasteiger partial charge on any atom is 0.407 e. The highest BCUT2D eigenvalue weighted by Crippen LogP contribution is 2.15. The van der Waals surface area contributed by atoms with Crippen LogP contribution in [0.15, 0.2) is 60.7 Å². The number of carbonyl (C=O) groups is 4. The highest BCUT2D eigenvalue weighted by atomic mass is 16.6. The van der Waals surface area contributed by atoms with Gasteiger partial charge in [0.2, 0.25) is 11.8 Å². The van der Waals surface area contributed by atoms with Crippen molar-refractivity contribution in [2.45, 2.75) is 104 Å². The number of nitrogens with one attached hydrogen (secondary N) is 4. The van der Waals surface area contributed by atoms with Gasteiger partial charge in [-0.3, -0.25) is 9.59 Å². The van der Waals surface area contributed by atoms with Gasteiger partial charge in [0.25, 0.3) is 0 Å². The molecule has 5 N–H and O–H groups in total. The molecule has 0 spiro atoms. The molecule has 0 aliphatic heterocycles. The summed E-state index contributed by atoms with van der Waals surface area (Å²) in [6.45, 7) is 12.5. The third-order valence-corrected chi connectivity index (χ3v) is 7.55. The van der Waals surface area contributed by atoms with Crippen molar-refractivity contribution in [2.24, 2.45) is 11.8 Å². The number of aliphatic hydroxyl groups is 1. The van der Waals surface area contributed by atoms with Crippen LogP contribution in [-0.4, -0.2) is 65.5 Å². The molecule has 2 rings (SSSR count). The summed E-state index contributed by atoms with van der Waals surface area (Å²) in [5.41, 5.74) is 0.855. The van der Waals surface area contributed by atoms with Gasteiger partial charge < -0.3 is 35.8 Å². The Bertz CT molecular complexity index is 1230. The van der Waals surface area contributed by atoms with Gasteiger partial charge in [0, 0.05) is 6.42 Å². The number of amides is 4. The number of carbonyl (C=O) groups excluding carboxylic acids is 4. The Balaban J connectivity index is 2.36. The van der Waals surface area contributed by atoms with Crippen LogP contribution in [0.25, 0.3) is 0 Å². The SMILES string of the molecule is CC[C@H](C)[C@H](NC(=O)C[C@H](NC(=O)OCc1ccccc1)[C@H](Cc1ccccc1)NC(=O)OC(C)(C)C)C(=O)NC(CO)C(C)C. The molecule has 4 amide bonds. The second-order valence-corrected chi connectivity index (χ2v) is 12.9. The molecule has 0 saturated carbocycles. The standard InChI is InChI=1S/C35H52N4O7/c1-8-24(4)31(32(42)36-29(21-40)23(2)3)39-30(41)20-28(37-33(43)45-22-26-17-13-10-14-18-26)27(19-25-15-11-9-12-16-25)38-34(44)46-35(5,6)7/h9-18,23-24,27-29,31,40H,8,19-22H2,1-7H3,(H,36,42)(H,37,43)(H,38,44)(H,39,41)/t24-,27-,28-,29?,31-/m0/s1. The molecule has 0 heterocycles. The zero-order valence-electron chi connectivity index (χ0n) is 28.2. The first-order valence-corrected chi connectivity index (χ1v) is 15.9. The van der Waals surface area contributed by atoms with E-state index in [0.29, 0.717) is 6.42 Å². The van der Waals surface area contributed by atoms with Crippen molar-refractivity contribution in [1.82, 2.24) is 21.3 Å². The van der Waals surface area contributed by atoms with Crippen molar-refractivity contribution in [3.63, 3.8) is 0 Å². The molecule has 5 atom stereocenters. The van der Waals surface area contributed by atoms with E-state index in [1.807, 2.05) is 88.4 Å². The molecule has 254 valence electrons. The average Bonchev–Trinajstić information content (AvgIpc) is 3.00. The molecule has 1 unspecified atom stereocenters. The molecule has 11 heteroatoms. The molecule has 11 nitrogen and oxygen atoms in total. The van der Waals surface area contributed by atoms with Gasteiger partial charge in [-0.1, -0.05) is 94.8 Å². The molecule has 0 bridgehead atoms.